The molecular weight excluding hydrogens is 378 g/mol. The number of hydrogen-bond acceptors (Lipinski definition) is 7. The van der Waals surface area contributed by atoms with Crippen molar-refractivity contribution in [2.45, 2.75) is 58.2 Å². The third-order valence-corrected chi connectivity index (χ3v) is 3.42. The van der Waals surface area contributed by atoms with Crippen LogP contribution < -0.4 is 16.0 Å². The molecule has 0 saturated carbocycles. The second kappa shape index (κ2) is 11.4. The smallest absolute Gasteiger partial charge is 0.408 e. The summed E-state index contributed by atoms with van der Waals surface area (Å²) in [5.74, 6) is -1.87. The predicted molar refractivity (Wildman–Crippen MR) is 99.9 cm³/mol. The number of ether oxygens (including phenoxy) is 1. The van der Waals surface area contributed by atoms with E-state index in [-0.39, 0.29) is 30.2 Å². The molecule has 0 fully saturated rings. The SMILES string of the molecule is CC(=O)CCC(=O)[C@H](CS)NC(=O)NC[C@H](NC(=O)OC(C)(C)C)C(=O)O. The lowest BCUT2D eigenvalue weighted by molar-refractivity contribution is -0.139. The molecule has 0 radical (unpaired) electrons. The van der Waals surface area contributed by atoms with Crippen molar-refractivity contribution in [3.63, 3.8) is 0 Å². The zero-order valence-electron chi connectivity index (χ0n) is 15.8. The first-order valence-corrected chi connectivity index (χ1v) is 8.88. The van der Waals surface area contributed by atoms with E-state index in [2.05, 4.69) is 28.6 Å². The summed E-state index contributed by atoms with van der Waals surface area (Å²) in [5.41, 5.74) is -0.808. The highest BCUT2D eigenvalue weighted by atomic mass is 32.1. The molecule has 0 heterocycles. The van der Waals surface area contributed by atoms with Gasteiger partial charge in [-0.1, -0.05) is 0 Å². The van der Waals surface area contributed by atoms with Gasteiger partial charge in [0.15, 0.2) is 5.78 Å². The topological polar surface area (TPSA) is 151 Å². The van der Waals surface area contributed by atoms with E-state index in [1.165, 1.54) is 6.92 Å². The number of rotatable bonds is 10. The van der Waals surface area contributed by atoms with Crippen LogP contribution in [0, 0.1) is 0 Å². The highest BCUT2D eigenvalue weighted by molar-refractivity contribution is 7.80. The van der Waals surface area contributed by atoms with Crippen molar-refractivity contribution < 1.29 is 33.8 Å². The van der Waals surface area contributed by atoms with Gasteiger partial charge in [0.05, 0.1) is 12.6 Å². The third kappa shape index (κ3) is 11.8. The lowest BCUT2D eigenvalue weighted by atomic mass is 10.1. The van der Waals surface area contributed by atoms with E-state index < -0.39 is 42.3 Å². The molecule has 2 atom stereocenters. The minimum atomic E-state index is -1.42. The summed E-state index contributed by atoms with van der Waals surface area (Å²) < 4.78 is 4.96. The molecule has 27 heavy (non-hydrogen) atoms. The number of aliphatic carboxylic acids is 1. The monoisotopic (exact) mass is 405 g/mol. The molecule has 3 amide bonds. The molecule has 0 aromatic heterocycles. The Hall–Kier alpha value is -2.30. The van der Waals surface area contributed by atoms with E-state index in [0.29, 0.717) is 0 Å². The second-order valence-electron chi connectivity index (χ2n) is 6.79. The maximum atomic E-state index is 11.9. The number of carboxylic acid groups (broad SMARTS) is 1. The van der Waals surface area contributed by atoms with Crippen LogP contribution in [0.3, 0.4) is 0 Å². The van der Waals surface area contributed by atoms with Crippen LogP contribution in [0.5, 0.6) is 0 Å². The number of carbonyl (C=O) groups excluding carboxylic acids is 4. The Labute approximate surface area is 163 Å². The maximum absolute atomic E-state index is 11.9. The molecule has 154 valence electrons. The fourth-order valence-corrected chi connectivity index (χ4v) is 2.05. The highest BCUT2D eigenvalue weighted by Crippen LogP contribution is 2.06. The highest BCUT2D eigenvalue weighted by Gasteiger charge is 2.25. The van der Waals surface area contributed by atoms with Crippen LogP contribution in [0.4, 0.5) is 9.59 Å². The number of amides is 3. The molecule has 0 aromatic rings. The molecule has 0 aliphatic rings. The van der Waals surface area contributed by atoms with Crippen molar-refractivity contribution in [3.05, 3.63) is 0 Å². The van der Waals surface area contributed by atoms with Crippen LogP contribution >= 0.6 is 12.6 Å². The maximum Gasteiger partial charge on any atom is 0.408 e. The quantitative estimate of drug-likeness (QED) is 0.332. The summed E-state index contributed by atoms with van der Waals surface area (Å²) in [7, 11) is 0. The Morgan fingerprint density at radius 2 is 1.63 bits per heavy atom. The summed E-state index contributed by atoms with van der Waals surface area (Å²) in [4.78, 5) is 57.6. The van der Waals surface area contributed by atoms with Crippen LogP contribution in [0.2, 0.25) is 0 Å². The largest absolute Gasteiger partial charge is 0.480 e. The van der Waals surface area contributed by atoms with Gasteiger partial charge in [-0.05, 0) is 27.7 Å². The Bertz CT molecular complexity index is 575. The molecule has 0 spiro atoms. The van der Waals surface area contributed by atoms with Crippen LogP contribution in [0.25, 0.3) is 0 Å². The molecule has 11 heteroatoms. The first-order chi connectivity index (χ1) is 12.4. The first kappa shape index (κ1) is 24.7. The van der Waals surface area contributed by atoms with Gasteiger partial charge >= 0.3 is 18.1 Å². The van der Waals surface area contributed by atoms with E-state index >= 15 is 0 Å². The Kier molecular flexibility index (Phi) is 10.4. The summed E-state index contributed by atoms with van der Waals surface area (Å²) in [6.07, 6.45) is -0.906. The Morgan fingerprint density at radius 1 is 1.04 bits per heavy atom. The average molecular weight is 405 g/mol. The van der Waals surface area contributed by atoms with Gasteiger partial charge in [0.1, 0.15) is 17.4 Å². The van der Waals surface area contributed by atoms with Crippen molar-refractivity contribution in [2.75, 3.05) is 12.3 Å². The molecule has 4 N–H and O–H groups in total. The number of hydrogen-bond donors (Lipinski definition) is 5. The van der Waals surface area contributed by atoms with Gasteiger partial charge in [-0.25, -0.2) is 14.4 Å². The molecule has 0 saturated heterocycles. The summed E-state index contributed by atoms with van der Waals surface area (Å²) in [5, 5.41) is 15.9. The lowest BCUT2D eigenvalue weighted by Crippen LogP contribution is -2.53. The van der Waals surface area contributed by atoms with E-state index in [1.807, 2.05) is 0 Å². The number of carboxylic acids is 1. The lowest BCUT2D eigenvalue weighted by Gasteiger charge is -2.22. The fraction of sp³-hybridized carbons (Fsp3) is 0.688. The number of carbonyl (C=O) groups is 5. The van der Waals surface area contributed by atoms with E-state index in [4.69, 9.17) is 9.84 Å². The molecule has 0 aliphatic heterocycles. The summed E-state index contributed by atoms with van der Waals surface area (Å²) in [6, 6.07) is -3.15. The van der Waals surface area contributed by atoms with Gasteiger partial charge in [-0.2, -0.15) is 12.6 Å². The van der Waals surface area contributed by atoms with Gasteiger partial charge in [-0.15, -0.1) is 0 Å². The van der Waals surface area contributed by atoms with Gasteiger partial charge in [0.2, 0.25) is 0 Å². The van der Waals surface area contributed by atoms with Crippen molar-refractivity contribution in [2.24, 2.45) is 0 Å². The minimum absolute atomic E-state index is 0.0165. The first-order valence-electron chi connectivity index (χ1n) is 8.25. The molecule has 0 aromatic carbocycles. The van der Waals surface area contributed by atoms with E-state index in [1.54, 1.807) is 20.8 Å². The van der Waals surface area contributed by atoms with Gasteiger partial charge in [0.25, 0.3) is 0 Å². The molecule has 0 unspecified atom stereocenters. The number of thiol groups is 1. The molecular formula is C16H27N3O7S. The van der Waals surface area contributed by atoms with Gasteiger partial charge in [0, 0.05) is 18.6 Å². The standard InChI is InChI=1S/C16H27N3O7S/c1-9(20)5-6-12(21)11(8-27)18-14(24)17-7-10(13(22)23)19-15(25)26-16(2,3)4/h10-11,27H,5-8H2,1-4H3,(H,19,25)(H,22,23)(H2,17,18,24)/t10-,11-/m0/s1. The molecule has 0 rings (SSSR count). The third-order valence-electron chi connectivity index (χ3n) is 3.06. The van der Waals surface area contributed by atoms with Crippen LogP contribution in [0.15, 0.2) is 0 Å². The summed E-state index contributed by atoms with van der Waals surface area (Å²) in [6.45, 7) is 5.78. The Morgan fingerprint density at radius 3 is 2.07 bits per heavy atom. The van der Waals surface area contributed by atoms with Crippen LogP contribution in [-0.4, -0.2) is 64.7 Å². The Balaban J connectivity index is 4.59. The van der Waals surface area contributed by atoms with Gasteiger partial charge in [-0.3, -0.25) is 4.79 Å². The zero-order valence-corrected chi connectivity index (χ0v) is 16.7. The second-order valence-corrected chi connectivity index (χ2v) is 7.16. The predicted octanol–water partition coefficient (Wildman–Crippen LogP) is 0.500. The number of alkyl carbamates (subject to hydrolysis) is 1. The molecule has 10 nitrogen and oxygen atoms in total. The zero-order chi connectivity index (χ0) is 21.2. The summed E-state index contributed by atoms with van der Waals surface area (Å²) >= 11 is 3.98. The normalized spacial score (nSPS) is 13.1. The molecule has 0 bridgehead atoms. The van der Waals surface area contributed by atoms with Crippen LogP contribution in [0.1, 0.15) is 40.5 Å². The van der Waals surface area contributed by atoms with Crippen molar-refractivity contribution in [3.8, 4) is 0 Å². The van der Waals surface area contributed by atoms with E-state index in [0.717, 1.165) is 0 Å². The average Bonchev–Trinajstić information content (AvgIpc) is 2.52. The van der Waals surface area contributed by atoms with Gasteiger partial charge < -0.3 is 30.6 Å². The number of ketones is 2. The van der Waals surface area contributed by atoms with Crippen LogP contribution in [-0.2, 0) is 19.1 Å². The van der Waals surface area contributed by atoms with Crippen molar-refractivity contribution in [1.82, 2.24) is 16.0 Å². The molecule has 0 aliphatic carbocycles. The number of Topliss-reactive ketones (excluding diaryl/α,β-unsaturated/α-hetero) is 2. The number of urea groups is 1. The fourth-order valence-electron chi connectivity index (χ4n) is 1.76. The van der Waals surface area contributed by atoms with Crippen molar-refractivity contribution >= 4 is 42.3 Å². The van der Waals surface area contributed by atoms with Crippen molar-refractivity contribution in [1.29, 1.82) is 0 Å². The number of nitrogens with one attached hydrogen (secondary N) is 3. The van der Waals surface area contributed by atoms with E-state index in [9.17, 15) is 24.0 Å². The minimum Gasteiger partial charge on any atom is -0.480 e.